The highest BCUT2D eigenvalue weighted by Crippen LogP contribution is 2.00. The average molecular weight is 135 g/mol. The van der Waals surface area contributed by atoms with E-state index in [1.54, 1.807) is 7.05 Å². The highest BCUT2D eigenvalue weighted by Gasteiger charge is 1.87. The molecule has 0 aliphatic rings. The quantitative estimate of drug-likeness (QED) is 0.563. The molecule has 0 spiro atoms. The van der Waals surface area contributed by atoms with E-state index in [4.69, 9.17) is 5.11 Å². The zero-order chi connectivity index (χ0) is 5.28. The summed E-state index contributed by atoms with van der Waals surface area (Å²) >= 11 is 0. The molecule has 0 aliphatic carbocycles. The van der Waals surface area contributed by atoms with Crippen molar-refractivity contribution in [3.8, 4) is 5.88 Å². The highest BCUT2D eigenvalue weighted by molar-refractivity contribution is 5.85. The predicted molar refractivity (Wildman–Crippen MR) is 32.1 cm³/mol. The number of aryl methyl sites for hydroxylation is 1. The second kappa shape index (κ2) is 2.57. The summed E-state index contributed by atoms with van der Waals surface area (Å²) in [6, 6.07) is 1.53. The molecule has 0 saturated carbocycles. The van der Waals surface area contributed by atoms with Crippen molar-refractivity contribution in [3.05, 3.63) is 12.3 Å². The van der Waals surface area contributed by atoms with Crippen molar-refractivity contribution in [3.63, 3.8) is 0 Å². The van der Waals surface area contributed by atoms with Crippen LogP contribution in [0.2, 0.25) is 0 Å². The molecule has 0 bridgehead atoms. The van der Waals surface area contributed by atoms with Crippen LogP contribution in [0.4, 0.5) is 0 Å². The molecule has 1 N–H and O–H groups in total. The highest BCUT2D eigenvalue weighted by atomic mass is 35.5. The Labute approximate surface area is 53.4 Å². The van der Waals surface area contributed by atoms with Gasteiger partial charge in [-0.1, -0.05) is 0 Å². The lowest BCUT2D eigenvalue weighted by Crippen LogP contribution is -1.86. The van der Waals surface area contributed by atoms with Gasteiger partial charge in [0.1, 0.15) is 0 Å². The van der Waals surface area contributed by atoms with Gasteiger partial charge in [0.2, 0.25) is 5.88 Å². The van der Waals surface area contributed by atoms with E-state index in [-0.39, 0.29) is 18.3 Å². The van der Waals surface area contributed by atoms with Crippen LogP contribution in [0.25, 0.3) is 0 Å². The van der Waals surface area contributed by atoms with Crippen LogP contribution >= 0.6 is 12.4 Å². The fourth-order valence-electron chi connectivity index (χ4n) is 0.367. The molecular weight excluding hydrogens is 128 g/mol. The fraction of sp³-hybridized carbons (Fsp3) is 0.250. The van der Waals surface area contributed by atoms with Gasteiger partial charge >= 0.3 is 0 Å². The molecule has 0 atom stereocenters. The average Bonchev–Trinajstić information content (AvgIpc) is 1.91. The van der Waals surface area contributed by atoms with Gasteiger partial charge in [0.05, 0.1) is 6.20 Å². The van der Waals surface area contributed by atoms with Gasteiger partial charge in [-0.3, -0.25) is 0 Å². The first kappa shape index (κ1) is 7.30. The molecule has 1 aromatic heterocycles. The van der Waals surface area contributed by atoms with E-state index in [0.717, 1.165) is 0 Å². The smallest absolute Gasteiger partial charge is 0.208 e. The zero-order valence-electron chi connectivity index (χ0n) is 4.40. The van der Waals surface area contributed by atoms with Crippen LogP contribution in [0, 0.1) is 0 Å². The molecule has 1 rings (SSSR count). The van der Waals surface area contributed by atoms with E-state index < -0.39 is 0 Å². The maximum Gasteiger partial charge on any atom is 0.208 e. The third-order valence-corrected chi connectivity index (χ3v) is 0.795. The Morgan fingerprint density at radius 2 is 2.38 bits per heavy atom. The Kier molecular flexibility index (Phi) is 2.34. The topological polar surface area (TPSA) is 38.0 Å². The summed E-state index contributed by atoms with van der Waals surface area (Å²) in [6.07, 6.45) is 1.54. The van der Waals surface area contributed by atoms with Crippen molar-refractivity contribution >= 4 is 12.4 Å². The summed E-state index contributed by atoms with van der Waals surface area (Å²) < 4.78 is 1.39. The lowest BCUT2D eigenvalue weighted by Gasteiger charge is -1.86. The summed E-state index contributed by atoms with van der Waals surface area (Å²) in [4.78, 5) is 0. The molecule has 4 heteroatoms. The Morgan fingerprint density at radius 1 is 1.75 bits per heavy atom. The summed E-state index contributed by atoms with van der Waals surface area (Å²) in [7, 11) is 1.68. The number of rotatable bonds is 0. The van der Waals surface area contributed by atoms with Crippen LogP contribution in [-0.2, 0) is 7.05 Å². The second-order valence-corrected chi connectivity index (χ2v) is 1.31. The third kappa shape index (κ3) is 1.13. The number of aromatic nitrogens is 2. The van der Waals surface area contributed by atoms with E-state index >= 15 is 0 Å². The summed E-state index contributed by atoms with van der Waals surface area (Å²) in [5.74, 6) is 0.194. The minimum Gasteiger partial charge on any atom is -0.493 e. The van der Waals surface area contributed by atoms with E-state index in [9.17, 15) is 0 Å². The maximum absolute atomic E-state index is 8.66. The van der Waals surface area contributed by atoms with Gasteiger partial charge in [-0.25, -0.2) is 4.68 Å². The molecule has 0 unspecified atom stereocenters. The molecule has 0 aliphatic heterocycles. The Morgan fingerprint density at radius 3 is 2.50 bits per heavy atom. The first-order valence-corrected chi connectivity index (χ1v) is 1.97. The summed E-state index contributed by atoms with van der Waals surface area (Å²) in [5.41, 5.74) is 0. The van der Waals surface area contributed by atoms with Crippen molar-refractivity contribution in [2.24, 2.45) is 7.05 Å². The van der Waals surface area contributed by atoms with Gasteiger partial charge in [-0.2, -0.15) is 5.10 Å². The minimum absolute atomic E-state index is 0. The van der Waals surface area contributed by atoms with Crippen molar-refractivity contribution in [1.29, 1.82) is 0 Å². The van der Waals surface area contributed by atoms with Crippen LogP contribution in [-0.4, -0.2) is 14.9 Å². The lowest BCUT2D eigenvalue weighted by atomic mass is 10.7. The van der Waals surface area contributed by atoms with Crippen LogP contribution in [0.3, 0.4) is 0 Å². The summed E-state index contributed by atoms with van der Waals surface area (Å²) in [5, 5.41) is 12.3. The van der Waals surface area contributed by atoms with Gasteiger partial charge in [0, 0.05) is 13.1 Å². The number of hydrogen-bond acceptors (Lipinski definition) is 2. The molecule has 46 valence electrons. The number of hydrogen-bond donors (Lipinski definition) is 1. The standard InChI is InChI=1S/C4H6N2O.ClH/c1-6-4(7)2-3-5-6;/h2-3,7H,1H3;1H. The van der Waals surface area contributed by atoms with Gasteiger partial charge in [0.25, 0.3) is 0 Å². The molecule has 0 amide bonds. The van der Waals surface area contributed by atoms with E-state index in [2.05, 4.69) is 5.10 Å². The molecule has 0 saturated heterocycles. The van der Waals surface area contributed by atoms with Crippen LogP contribution in [0.1, 0.15) is 0 Å². The van der Waals surface area contributed by atoms with Crippen molar-refractivity contribution in [1.82, 2.24) is 9.78 Å². The molecule has 1 heterocycles. The van der Waals surface area contributed by atoms with Crippen LogP contribution in [0.15, 0.2) is 12.3 Å². The Balaban J connectivity index is 0.000000490. The van der Waals surface area contributed by atoms with E-state index in [1.807, 2.05) is 0 Å². The fourth-order valence-corrected chi connectivity index (χ4v) is 0.367. The first-order chi connectivity index (χ1) is 3.30. The lowest BCUT2D eigenvalue weighted by molar-refractivity contribution is 0.419. The number of halogens is 1. The van der Waals surface area contributed by atoms with Crippen molar-refractivity contribution < 1.29 is 5.11 Å². The predicted octanol–water partition coefficient (Wildman–Crippen LogP) is 0.547. The van der Waals surface area contributed by atoms with Crippen LogP contribution in [0.5, 0.6) is 5.88 Å². The number of aromatic hydroxyl groups is 1. The Hall–Kier alpha value is -0.700. The first-order valence-electron chi connectivity index (χ1n) is 1.97. The molecule has 0 fully saturated rings. The second-order valence-electron chi connectivity index (χ2n) is 1.31. The number of nitrogens with zero attached hydrogens (tertiary/aromatic N) is 2. The third-order valence-electron chi connectivity index (χ3n) is 0.795. The normalized spacial score (nSPS) is 8.12. The SMILES string of the molecule is Cl.Cn1nccc1O. The zero-order valence-corrected chi connectivity index (χ0v) is 5.22. The molecular formula is C4H7ClN2O. The van der Waals surface area contributed by atoms with Crippen molar-refractivity contribution in [2.75, 3.05) is 0 Å². The van der Waals surface area contributed by atoms with Gasteiger partial charge in [-0.05, 0) is 0 Å². The molecule has 0 radical (unpaired) electrons. The van der Waals surface area contributed by atoms with Gasteiger partial charge in [-0.15, -0.1) is 12.4 Å². The minimum atomic E-state index is 0. The molecule has 1 aromatic rings. The largest absolute Gasteiger partial charge is 0.493 e. The van der Waals surface area contributed by atoms with E-state index in [0.29, 0.717) is 0 Å². The molecule has 3 nitrogen and oxygen atoms in total. The maximum atomic E-state index is 8.66. The van der Waals surface area contributed by atoms with Gasteiger partial charge < -0.3 is 5.11 Å². The Bertz CT molecular complexity index is 146. The van der Waals surface area contributed by atoms with Gasteiger partial charge in [0.15, 0.2) is 0 Å². The van der Waals surface area contributed by atoms with Crippen LogP contribution < -0.4 is 0 Å². The summed E-state index contributed by atoms with van der Waals surface area (Å²) in [6.45, 7) is 0. The molecule has 8 heavy (non-hydrogen) atoms. The van der Waals surface area contributed by atoms with E-state index in [1.165, 1.54) is 16.9 Å². The monoisotopic (exact) mass is 134 g/mol. The molecule has 0 aromatic carbocycles. The van der Waals surface area contributed by atoms with Crippen molar-refractivity contribution in [2.45, 2.75) is 0 Å².